The van der Waals surface area contributed by atoms with E-state index in [1.807, 2.05) is 13.8 Å². The summed E-state index contributed by atoms with van der Waals surface area (Å²) in [6.07, 6.45) is 1.22. The largest absolute Gasteiger partial charge is 0.382 e. The van der Waals surface area contributed by atoms with Crippen molar-refractivity contribution in [2.24, 2.45) is 5.92 Å². The lowest BCUT2D eigenvalue weighted by Gasteiger charge is -2.19. The fourth-order valence-electron chi connectivity index (χ4n) is 1.36. The molecule has 0 aliphatic heterocycles. The smallest absolute Gasteiger partial charge is 0.244 e. The van der Waals surface area contributed by atoms with Gasteiger partial charge in [0.15, 0.2) is 0 Å². The normalized spacial score (nSPS) is 12.4. The first-order chi connectivity index (χ1) is 7.75. The molecule has 0 bridgehead atoms. The lowest BCUT2D eigenvalue weighted by atomic mass is 10.2. The Hall–Kier alpha value is -0.850. The van der Waals surface area contributed by atoms with Crippen LogP contribution < -0.4 is 5.73 Å². The van der Waals surface area contributed by atoms with Gasteiger partial charge in [-0.15, -0.1) is 0 Å². The Morgan fingerprint density at radius 3 is 2.59 bits per heavy atom. The van der Waals surface area contributed by atoms with Gasteiger partial charge in [0.05, 0.1) is 5.02 Å². The van der Waals surface area contributed by atoms with Crippen LogP contribution in [0, 0.1) is 5.92 Å². The molecule has 1 heterocycles. The van der Waals surface area contributed by atoms with E-state index in [1.54, 1.807) is 0 Å². The predicted octanol–water partition coefficient (Wildman–Crippen LogP) is 1.59. The molecule has 7 heteroatoms. The highest BCUT2D eigenvalue weighted by molar-refractivity contribution is 7.89. The van der Waals surface area contributed by atoms with E-state index in [4.69, 9.17) is 17.3 Å². The molecule has 0 spiro atoms. The SMILES string of the molecule is CC(C)CN(C)S(=O)(=O)c1cnc(N)c(Cl)c1. The second-order valence-electron chi connectivity index (χ2n) is 4.22. The third-order valence-corrected chi connectivity index (χ3v) is 4.27. The van der Waals surface area contributed by atoms with Crippen LogP contribution >= 0.6 is 11.6 Å². The van der Waals surface area contributed by atoms with Gasteiger partial charge < -0.3 is 5.73 Å². The summed E-state index contributed by atoms with van der Waals surface area (Å²) in [5.41, 5.74) is 5.44. The highest BCUT2D eigenvalue weighted by atomic mass is 35.5. The van der Waals surface area contributed by atoms with Crippen LogP contribution in [0.25, 0.3) is 0 Å². The van der Waals surface area contributed by atoms with Gasteiger partial charge in [-0.3, -0.25) is 0 Å². The molecule has 1 rings (SSSR count). The molecule has 1 aromatic rings. The number of halogens is 1. The number of pyridine rings is 1. The summed E-state index contributed by atoms with van der Waals surface area (Å²) in [5.74, 6) is 0.365. The van der Waals surface area contributed by atoms with Crippen molar-refractivity contribution in [2.75, 3.05) is 19.3 Å². The average molecular weight is 278 g/mol. The van der Waals surface area contributed by atoms with Gasteiger partial charge in [0.25, 0.3) is 0 Å². The van der Waals surface area contributed by atoms with Crippen molar-refractivity contribution in [1.29, 1.82) is 0 Å². The number of hydrogen-bond acceptors (Lipinski definition) is 4. The van der Waals surface area contributed by atoms with Gasteiger partial charge in [-0.1, -0.05) is 25.4 Å². The minimum absolute atomic E-state index is 0.0554. The molecule has 96 valence electrons. The van der Waals surface area contributed by atoms with Gasteiger partial charge in [-0.05, 0) is 12.0 Å². The summed E-state index contributed by atoms with van der Waals surface area (Å²) in [7, 11) is -2.02. The lowest BCUT2D eigenvalue weighted by molar-refractivity contribution is 0.417. The fourth-order valence-corrected chi connectivity index (χ4v) is 2.90. The zero-order valence-corrected chi connectivity index (χ0v) is 11.6. The van der Waals surface area contributed by atoms with Crippen LogP contribution in [-0.2, 0) is 10.0 Å². The molecule has 0 atom stereocenters. The molecule has 0 saturated heterocycles. The van der Waals surface area contributed by atoms with Gasteiger partial charge in [0, 0.05) is 19.8 Å². The Bertz CT molecular complexity index is 502. The topological polar surface area (TPSA) is 76.3 Å². The first-order valence-electron chi connectivity index (χ1n) is 5.12. The maximum absolute atomic E-state index is 12.1. The number of nitrogens with zero attached hydrogens (tertiary/aromatic N) is 2. The molecule has 0 unspecified atom stereocenters. The molecule has 0 amide bonds. The van der Waals surface area contributed by atoms with Crippen LogP contribution in [0.5, 0.6) is 0 Å². The number of anilines is 1. The average Bonchev–Trinajstić information content (AvgIpc) is 2.20. The molecule has 0 aromatic carbocycles. The van der Waals surface area contributed by atoms with E-state index in [0.717, 1.165) is 0 Å². The molecular formula is C10H16ClN3O2S. The van der Waals surface area contributed by atoms with E-state index >= 15 is 0 Å². The van der Waals surface area contributed by atoms with E-state index < -0.39 is 10.0 Å². The number of rotatable bonds is 4. The van der Waals surface area contributed by atoms with E-state index in [2.05, 4.69) is 4.98 Å². The van der Waals surface area contributed by atoms with Gasteiger partial charge in [0.1, 0.15) is 10.7 Å². The van der Waals surface area contributed by atoms with Crippen LogP contribution in [0.4, 0.5) is 5.82 Å². The van der Waals surface area contributed by atoms with Gasteiger partial charge in [-0.2, -0.15) is 0 Å². The zero-order chi connectivity index (χ0) is 13.2. The number of aromatic nitrogens is 1. The van der Waals surface area contributed by atoms with Crippen molar-refractivity contribution in [3.05, 3.63) is 17.3 Å². The van der Waals surface area contributed by atoms with Crippen molar-refractivity contribution in [2.45, 2.75) is 18.7 Å². The second kappa shape index (κ2) is 5.20. The molecule has 1 aromatic heterocycles. The van der Waals surface area contributed by atoms with Crippen molar-refractivity contribution >= 4 is 27.4 Å². The standard InChI is InChI=1S/C10H16ClN3O2S/c1-7(2)6-14(3)17(15,16)8-4-9(11)10(12)13-5-8/h4-5,7H,6H2,1-3H3,(H2,12,13). The third kappa shape index (κ3) is 3.31. The summed E-state index contributed by atoms with van der Waals surface area (Å²) in [5, 5.41) is 0.143. The molecule has 0 radical (unpaired) electrons. The zero-order valence-electron chi connectivity index (χ0n) is 10.0. The Labute approximate surface area is 107 Å². The second-order valence-corrected chi connectivity index (χ2v) is 6.67. The fraction of sp³-hybridized carbons (Fsp3) is 0.500. The maximum Gasteiger partial charge on any atom is 0.244 e. The summed E-state index contributed by atoms with van der Waals surface area (Å²) < 4.78 is 25.5. The number of sulfonamides is 1. The Kier molecular flexibility index (Phi) is 4.35. The van der Waals surface area contributed by atoms with E-state index in [1.165, 1.54) is 23.6 Å². The van der Waals surface area contributed by atoms with Gasteiger partial charge in [0.2, 0.25) is 10.0 Å². The number of nitrogen functional groups attached to an aromatic ring is 1. The quantitative estimate of drug-likeness (QED) is 0.907. The van der Waals surface area contributed by atoms with Crippen molar-refractivity contribution < 1.29 is 8.42 Å². The molecule has 0 saturated carbocycles. The lowest BCUT2D eigenvalue weighted by Crippen LogP contribution is -2.30. The number of nitrogens with two attached hydrogens (primary N) is 1. The molecule has 5 nitrogen and oxygen atoms in total. The van der Waals surface area contributed by atoms with Crippen LogP contribution in [0.3, 0.4) is 0 Å². The van der Waals surface area contributed by atoms with Crippen molar-refractivity contribution in [3.63, 3.8) is 0 Å². The summed E-state index contributed by atoms with van der Waals surface area (Å²) >= 11 is 5.76. The molecule has 2 N–H and O–H groups in total. The molecule has 0 aliphatic carbocycles. The van der Waals surface area contributed by atoms with Gasteiger partial charge in [-0.25, -0.2) is 17.7 Å². The minimum atomic E-state index is -3.54. The van der Waals surface area contributed by atoms with E-state index in [9.17, 15) is 8.42 Å². The third-order valence-electron chi connectivity index (χ3n) is 2.17. The van der Waals surface area contributed by atoms with E-state index in [0.29, 0.717) is 6.54 Å². The minimum Gasteiger partial charge on any atom is -0.382 e. The Morgan fingerprint density at radius 2 is 2.12 bits per heavy atom. The maximum atomic E-state index is 12.1. The highest BCUT2D eigenvalue weighted by Crippen LogP contribution is 2.22. The predicted molar refractivity (Wildman–Crippen MR) is 68.3 cm³/mol. The van der Waals surface area contributed by atoms with Crippen molar-refractivity contribution in [3.8, 4) is 0 Å². The van der Waals surface area contributed by atoms with Crippen LogP contribution in [0.15, 0.2) is 17.2 Å². The summed E-state index contributed by atoms with van der Waals surface area (Å²) in [6.45, 7) is 4.32. The molecular weight excluding hydrogens is 262 g/mol. The summed E-state index contributed by atoms with van der Waals surface area (Å²) in [4.78, 5) is 3.80. The molecule has 0 aliphatic rings. The van der Waals surface area contributed by atoms with E-state index in [-0.39, 0.29) is 21.7 Å². The van der Waals surface area contributed by atoms with Crippen LogP contribution in [-0.4, -0.2) is 31.3 Å². The summed E-state index contributed by atoms with van der Waals surface area (Å²) in [6, 6.07) is 1.32. The van der Waals surface area contributed by atoms with Gasteiger partial charge >= 0.3 is 0 Å². The molecule has 17 heavy (non-hydrogen) atoms. The van der Waals surface area contributed by atoms with Crippen LogP contribution in [0.1, 0.15) is 13.8 Å². The highest BCUT2D eigenvalue weighted by Gasteiger charge is 2.22. The van der Waals surface area contributed by atoms with Crippen molar-refractivity contribution in [1.82, 2.24) is 9.29 Å². The first kappa shape index (κ1) is 14.2. The first-order valence-corrected chi connectivity index (χ1v) is 6.94. The Balaban J connectivity index is 3.09. The number of hydrogen-bond donors (Lipinski definition) is 1. The van der Waals surface area contributed by atoms with Crippen LogP contribution in [0.2, 0.25) is 5.02 Å². The monoisotopic (exact) mass is 277 g/mol. The Morgan fingerprint density at radius 1 is 1.53 bits per heavy atom. The molecule has 0 fully saturated rings.